The molecule has 2 heterocycles. The van der Waals surface area contributed by atoms with Crippen LogP contribution in [-0.4, -0.2) is 15.1 Å². The Morgan fingerprint density at radius 1 is 0.889 bits per heavy atom. The molecule has 0 atom stereocenters. The summed E-state index contributed by atoms with van der Waals surface area (Å²) in [5.74, 6) is 0.264. The Kier molecular flexibility index (Phi) is 1.70. The average Bonchev–Trinajstić information content (AvgIpc) is 2.75. The molecule has 0 aliphatic heterocycles. The predicted octanol–water partition coefficient (Wildman–Crippen LogP) is 3.57. The number of nitrogens with zero attached hydrogens (tertiary/aromatic N) is 1. The fourth-order valence-electron chi connectivity index (χ4n) is 2.42. The number of aromatic hydroxyl groups is 1. The third-order valence-electron chi connectivity index (χ3n) is 3.29. The Morgan fingerprint density at radius 2 is 1.78 bits per heavy atom. The normalized spacial score (nSPS) is 11.6. The number of fused-ring (bicyclic) bond motifs is 4. The molecule has 3 heteroatoms. The van der Waals surface area contributed by atoms with Crippen LogP contribution in [0.25, 0.3) is 32.8 Å². The zero-order valence-corrected chi connectivity index (χ0v) is 9.51. The van der Waals surface area contributed by atoms with Gasteiger partial charge in [0, 0.05) is 16.3 Å². The van der Waals surface area contributed by atoms with E-state index in [1.165, 1.54) is 0 Å². The van der Waals surface area contributed by atoms with E-state index in [2.05, 4.69) is 16.0 Å². The van der Waals surface area contributed by atoms with Crippen molar-refractivity contribution in [3.05, 3.63) is 48.5 Å². The molecule has 0 radical (unpaired) electrons. The van der Waals surface area contributed by atoms with Crippen LogP contribution in [0.3, 0.4) is 0 Å². The van der Waals surface area contributed by atoms with Gasteiger partial charge in [-0.15, -0.1) is 0 Å². The summed E-state index contributed by atoms with van der Waals surface area (Å²) in [6.45, 7) is 0. The summed E-state index contributed by atoms with van der Waals surface area (Å²) in [5, 5.41) is 11.7. The highest BCUT2D eigenvalue weighted by atomic mass is 16.3. The summed E-state index contributed by atoms with van der Waals surface area (Å²) in [6.07, 6.45) is 0. The zero-order valence-electron chi connectivity index (χ0n) is 9.51. The van der Waals surface area contributed by atoms with Crippen LogP contribution in [0.2, 0.25) is 0 Å². The molecule has 0 bridgehead atoms. The number of nitrogens with one attached hydrogen (secondary N) is 1. The van der Waals surface area contributed by atoms with Gasteiger partial charge in [-0.1, -0.05) is 24.3 Å². The average molecular weight is 234 g/mol. The molecule has 2 aromatic carbocycles. The van der Waals surface area contributed by atoms with Crippen LogP contribution in [0, 0.1) is 0 Å². The Labute approximate surface area is 103 Å². The van der Waals surface area contributed by atoms with Crippen LogP contribution in [0.4, 0.5) is 0 Å². The van der Waals surface area contributed by atoms with Crippen LogP contribution in [0.15, 0.2) is 48.5 Å². The second kappa shape index (κ2) is 3.23. The third-order valence-corrected chi connectivity index (χ3v) is 3.29. The maximum atomic E-state index is 9.85. The van der Waals surface area contributed by atoms with Gasteiger partial charge in [0.1, 0.15) is 5.75 Å². The van der Waals surface area contributed by atoms with Crippen molar-refractivity contribution in [2.45, 2.75) is 0 Å². The number of hydrogen-bond donors (Lipinski definition) is 2. The highest BCUT2D eigenvalue weighted by molar-refractivity contribution is 6.08. The smallest absolute Gasteiger partial charge is 0.125 e. The summed E-state index contributed by atoms with van der Waals surface area (Å²) in [7, 11) is 0. The lowest BCUT2D eigenvalue weighted by Crippen LogP contribution is -1.80. The molecular formula is C15H10N2O. The summed E-state index contributed by atoms with van der Waals surface area (Å²) in [4.78, 5) is 7.96. The first-order chi connectivity index (χ1) is 8.83. The molecule has 0 aliphatic rings. The Balaban J connectivity index is 2.27. The van der Waals surface area contributed by atoms with Crippen LogP contribution in [0.1, 0.15) is 0 Å². The van der Waals surface area contributed by atoms with Gasteiger partial charge in [-0.2, -0.15) is 0 Å². The summed E-state index contributed by atoms with van der Waals surface area (Å²) < 4.78 is 0. The van der Waals surface area contributed by atoms with Crippen molar-refractivity contribution in [3.63, 3.8) is 0 Å². The van der Waals surface area contributed by atoms with Crippen molar-refractivity contribution in [3.8, 4) is 5.75 Å². The minimum Gasteiger partial charge on any atom is -0.507 e. The Bertz CT molecular complexity index is 893. The molecule has 4 aromatic rings. The van der Waals surface area contributed by atoms with Crippen molar-refractivity contribution < 1.29 is 5.11 Å². The van der Waals surface area contributed by atoms with Gasteiger partial charge in [0.05, 0.1) is 16.6 Å². The number of aromatic amines is 1. The standard InChI is InChI=1S/C15H10N2O/c18-14-7-3-6-12-10(14)8-13-15(17-12)9-4-1-2-5-11(9)16-13/h1-8,16,18H. The minimum atomic E-state index is 0.264. The molecule has 0 spiro atoms. The Morgan fingerprint density at radius 3 is 2.72 bits per heavy atom. The first-order valence-electron chi connectivity index (χ1n) is 5.82. The van der Waals surface area contributed by atoms with Crippen molar-refractivity contribution in [2.24, 2.45) is 0 Å². The largest absolute Gasteiger partial charge is 0.507 e. The lowest BCUT2D eigenvalue weighted by molar-refractivity contribution is 0.481. The number of phenols is 1. The Hall–Kier alpha value is -2.55. The molecule has 3 nitrogen and oxygen atoms in total. The zero-order chi connectivity index (χ0) is 12.1. The van der Waals surface area contributed by atoms with E-state index in [4.69, 9.17) is 0 Å². The van der Waals surface area contributed by atoms with E-state index in [-0.39, 0.29) is 5.75 Å². The molecule has 0 saturated carbocycles. The number of rotatable bonds is 0. The van der Waals surface area contributed by atoms with Gasteiger partial charge >= 0.3 is 0 Å². The lowest BCUT2D eigenvalue weighted by atomic mass is 10.1. The van der Waals surface area contributed by atoms with Gasteiger partial charge in [-0.05, 0) is 24.3 Å². The number of phenolic OH excluding ortho intramolecular Hbond substituents is 1. The molecule has 18 heavy (non-hydrogen) atoms. The topological polar surface area (TPSA) is 48.9 Å². The van der Waals surface area contributed by atoms with Gasteiger partial charge in [-0.25, -0.2) is 4.98 Å². The molecule has 0 fully saturated rings. The number of pyridine rings is 1. The van der Waals surface area contributed by atoms with Crippen molar-refractivity contribution >= 4 is 32.8 Å². The minimum absolute atomic E-state index is 0.264. The number of benzene rings is 2. The quantitative estimate of drug-likeness (QED) is 0.488. The van der Waals surface area contributed by atoms with E-state index >= 15 is 0 Å². The van der Waals surface area contributed by atoms with E-state index in [0.717, 1.165) is 32.8 Å². The molecule has 0 unspecified atom stereocenters. The van der Waals surface area contributed by atoms with Crippen molar-refractivity contribution in [1.29, 1.82) is 0 Å². The maximum absolute atomic E-state index is 9.85. The van der Waals surface area contributed by atoms with E-state index in [1.54, 1.807) is 6.07 Å². The summed E-state index contributed by atoms with van der Waals surface area (Å²) in [6, 6.07) is 15.4. The van der Waals surface area contributed by atoms with Gasteiger partial charge in [0.2, 0.25) is 0 Å². The molecule has 4 rings (SSSR count). The second-order valence-electron chi connectivity index (χ2n) is 4.40. The lowest BCUT2D eigenvalue weighted by Gasteiger charge is -2.00. The van der Waals surface area contributed by atoms with E-state index in [0.29, 0.717) is 0 Å². The molecule has 0 amide bonds. The predicted molar refractivity (Wildman–Crippen MR) is 72.8 cm³/mol. The number of aromatic nitrogens is 2. The van der Waals surface area contributed by atoms with Gasteiger partial charge < -0.3 is 10.1 Å². The van der Waals surface area contributed by atoms with Gasteiger partial charge in [0.25, 0.3) is 0 Å². The summed E-state index contributed by atoms with van der Waals surface area (Å²) in [5.41, 5.74) is 3.77. The van der Waals surface area contributed by atoms with Crippen molar-refractivity contribution in [1.82, 2.24) is 9.97 Å². The molecular weight excluding hydrogens is 224 g/mol. The SMILES string of the molecule is Oc1cccc2nc3c(cc12)[nH]c1ccccc13. The number of para-hydroxylation sites is 1. The fourth-order valence-corrected chi connectivity index (χ4v) is 2.42. The number of H-pyrrole nitrogens is 1. The van der Waals surface area contributed by atoms with E-state index in [9.17, 15) is 5.11 Å². The van der Waals surface area contributed by atoms with Crippen LogP contribution in [-0.2, 0) is 0 Å². The second-order valence-corrected chi connectivity index (χ2v) is 4.40. The monoisotopic (exact) mass is 234 g/mol. The third kappa shape index (κ3) is 1.16. The highest BCUT2D eigenvalue weighted by Gasteiger charge is 2.08. The summed E-state index contributed by atoms with van der Waals surface area (Å²) >= 11 is 0. The molecule has 0 aliphatic carbocycles. The number of hydrogen-bond acceptors (Lipinski definition) is 2. The molecule has 2 aromatic heterocycles. The van der Waals surface area contributed by atoms with Gasteiger partial charge in [0.15, 0.2) is 0 Å². The highest BCUT2D eigenvalue weighted by Crippen LogP contribution is 2.30. The van der Waals surface area contributed by atoms with Crippen LogP contribution >= 0.6 is 0 Å². The van der Waals surface area contributed by atoms with E-state index in [1.807, 2.05) is 36.4 Å². The van der Waals surface area contributed by atoms with Gasteiger partial charge in [-0.3, -0.25) is 0 Å². The van der Waals surface area contributed by atoms with Crippen LogP contribution in [0.5, 0.6) is 5.75 Å². The van der Waals surface area contributed by atoms with E-state index < -0.39 is 0 Å². The fraction of sp³-hybridized carbons (Fsp3) is 0. The molecule has 0 saturated heterocycles. The first-order valence-corrected chi connectivity index (χ1v) is 5.82. The molecule has 86 valence electrons. The molecule has 2 N–H and O–H groups in total. The first kappa shape index (κ1) is 9.48. The maximum Gasteiger partial charge on any atom is 0.125 e. The van der Waals surface area contributed by atoms with Crippen molar-refractivity contribution in [2.75, 3.05) is 0 Å². The van der Waals surface area contributed by atoms with Crippen LogP contribution < -0.4 is 0 Å².